The van der Waals surface area contributed by atoms with Crippen molar-refractivity contribution in [1.82, 2.24) is 0 Å². The monoisotopic (exact) mass is 155 g/mol. The van der Waals surface area contributed by atoms with Gasteiger partial charge in [0.05, 0.1) is 0 Å². The summed E-state index contributed by atoms with van der Waals surface area (Å²) in [6, 6.07) is 0.381. The fraction of sp³-hybridized carbons (Fsp3) is 1.00. The van der Waals surface area contributed by atoms with E-state index in [1.165, 1.54) is 12.8 Å². The van der Waals surface area contributed by atoms with Gasteiger partial charge in [0.2, 0.25) is 0 Å². The Morgan fingerprint density at radius 1 is 1.45 bits per heavy atom. The van der Waals surface area contributed by atoms with Crippen molar-refractivity contribution in [2.45, 2.75) is 46.6 Å². The molecule has 1 heteroatoms. The van der Waals surface area contributed by atoms with Crippen LogP contribution >= 0.6 is 0 Å². The van der Waals surface area contributed by atoms with Crippen LogP contribution in [-0.4, -0.2) is 6.04 Å². The summed E-state index contributed by atoms with van der Waals surface area (Å²) < 4.78 is 0. The molecule has 1 fully saturated rings. The zero-order valence-electron chi connectivity index (χ0n) is 8.22. The van der Waals surface area contributed by atoms with Gasteiger partial charge >= 0.3 is 0 Å². The molecule has 1 aliphatic rings. The highest BCUT2D eigenvalue weighted by molar-refractivity contribution is 4.91. The molecule has 0 aromatic carbocycles. The third-order valence-electron chi connectivity index (χ3n) is 3.67. The number of rotatable bonds is 1. The highest BCUT2D eigenvalue weighted by Gasteiger charge is 2.39. The van der Waals surface area contributed by atoms with E-state index in [2.05, 4.69) is 27.7 Å². The molecule has 1 nitrogen and oxygen atoms in total. The minimum absolute atomic E-state index is 0.381. The molecule has 0 aromatic rings. The van der Waals surface area contributed by atoms with E-state index in [1.807, 2.05) is 0 Å². The van der Waals surface area contributed by atoms with Gasteiger partial charge in [0.25, 0.3) is 0 Å². The Hall–Kier alpha value is -0.0400. The highest BCUT2D eigenvalue weighted by atomic mass is 14.7. The number of hydrogen-bond acceptors (Lipinski definition) is 1. The van der Waals surface area contributed by atoms with Gasteiger partial charge in [-0.15, -0.1) is 0 Å². The van der Waals surface area contributed by atoms with Gasteiger partial charge in [0.15, 0.2) is 0 Å². The maximum atomic E-state index is 5.91. The minimum atomic E-state index is 0.381. The van der Waals surface area contributed by atoms with Crippen molar-refractivity contribution in [3.63, 3.8) is 0 Å². The summed E-state index contributed by atoms with van der Waals surface area (Å²) in [6.07, 6.45) is 2.67. The van der Waals surface area contributed by atoms with Gasteiger partial charge in [-0.3, -0.25) is 0 Å². The highest BCUT2D eigenvalue weighted by Crippen LogP contribution is 2.46. The molecule has 11 heavy (non-hydrogen) atoms. The third kappa shape index (κ3) is 1.58. The molecule has 0 spiro atoms. The van der Waals surface area contributed by atoms with E-state index in [9.17, 15) is 0 Å². The van der Waals surface area contributed by atoms with Gasteiger partial charge in [-0.05, 0) is 37.0 Å². The SMILES string of the molecule is CC(N)C1CCC(C)(C)C1C. The van der Waals surface area contributed by atoms with Crippen LogP contribution in [0.25, 0.3) is 0 Å². The maximum absolute atomic E-state index is 5.91. The van der Waals surface area contributed by atoms with Crippen LogP contribution in [0.5, 0.6) is 0 Å². The second kappa shape index (κ2) is 2.78. The van der Waals surface area contributed by atoms with Crippen molar-refractivity contribution < 1.29 is 0 Å². The lowest BCUT2D eigenvalue weighted by Gasteiger charge is -2.28. The standard InChI is InChI=1S/C10H21N/c1-7-9(8(2)11)5-6-10(7,3)4/h7-9H,5-6,11H2,1-4H3. The van der Waals surface area contributed by atoms with Crippen molar-refractivity contribution in [2.75, 3.05) is 0 Å². The molecule has 1 saturated carbocycles. The predicted octanol–water partition coefficient (Wildman–Crippen LogP) is 2.41. The zero-order chi connectivity index (χ0) is 8.65. The van der Waals surface area contributed by atoms with E-state index in [4.69, 9.17) is 5.73 Å². The summed E-state index contributed by atoms with van der Waals surface area (Å²) in [4.78, 5) is 0. The third-order valence-corrected chi connectivity index (χ3v) is 3.67. The van der Waals surface area contributed by atoms with Gasteiger partial charge in [-0.1, -0.05) is 20.8 Å². The van der Waals surface area contributed by atoms with Gasteiger partial charge in [-0.25, -0.2) is 0 Å². The van der Waals surface area contributed by atoms with E-state index in [0.717, 1.165) is 11.8 Å². The molecule has 0 saturated heterocycles. The Morgan fingerprint density at radius 2 is 2.00 bits per heavy atom. The zero-order valence-corrected chi connectivity index (χ0v) is 8.22. The fourth-order valence-corrected chi connectivity index (χ4v) is 2.31. The largest absolute Gasteiger partial charge is 0.328 e. The lowest BCUT2D eigenvalue weighted by Crippen LogP contribution is -2.31. The molecule has 3 atom stereocenters. The van der Waals surface area contributed by atoms with Crippen molar-refractivity contribution in [2.24, 2.45) is 23.0 Å². The smallest absolute Gasteiger partial charge is 0.00415 e. The quantitative estimate of drug-likeness (QED) is 0.618. The van der Waals surface area contributed by atoms with Crippen LogP contribution in [0.15, 0.2) is 0 Å². The lowest BCUT2D eigenvalue weighted by atomic mass is 9.78. The van der Waals surface area contributed by atoms with E-state index in [1.54, 1.807) is 0 Å². The topological polar surface area (TPSA) is 26.0 Å². The predicted molar refractivity (Wildman–Crippen MR) is 49.3 cm³/mol. The summed E-state index contributed by atoms with van der Waals surface area (Å²) in [6.45, 7) is 9.21. The molecule has 0 heterocycles. The second-order valence-electron chi connectivity index (χ2n) is 4.84. The molecule has 1 rings (SSSR count). The van der Waals surface area contributed by atoms with E-state index >= 15 is 0 Å². The van der Waals surface area contributed by atoms with Crippen LogP contribution < -0.4 is 5.73 Å². The Balaban J connectivity index is 2.63. The van der Waals surface area contributed by atoms with Crippen LogP contribution in [0.1, 0.15) is 40.5 Å². The molecule has 3 unspecified atom stereocenters. The van der Waals surface area contributed by atoms with Crippen molar-refractivity contribution in [3.8, 4) is 0 Å². The molecular weight excluding hydrogens is 134 g/mol. The van der Waals surface area contributed by atoms with Gasteiger partial charge in [0, 0.05) is 6.04 Å². The first kappa shape index (κ1) is 9.05. The molecule has 0 amide bonds. The van der Waals surface area contributed by atoms with Crippen LogP contribution in [0.2, 0.25) is 0 Å². The van der Waals surface area contributed by atoms with Crippen LogP contribution in [0.4, 0.5) is 0 Å². The van der Waals surface area contributed by atoms with Gasteiger partial charge < -0.3 is 5.73 Å². The average Bonchev–Trinajstić information content (AvgIpc) is 2.09. The first-order valence-corrected chi connectivity index (χ1v) is 4.71. The van der Waals surface area contributed by atoms with Crippen molar-refractivity contribution in [1.29, 1.82) is 0 Å². The Bertz CT molecular complexity index is 138. The van der Waals surface area contributed by atoms with E-state index in [-0.39, 0.29) is 0 Å². The van der Waals surface area contributed by atoms with Gasteiger partial charge in [0.1, 0.15) is 0 Å². The molecule has 1 aliphatic carbocycles. The molecule has 0 bridgehead atoms. The molecule has 66 valence electrons. The van der Waals surface area contributed by atoms with E-state index in [0.29, 0.717) is 11.5 Å². The molecule has 2 N–H and O–H groups in total. The lowest BCUT2D eigenvalue weighted by molar-refractivity contribution is 0.224. The summed E-state index contributed by atoms with van der Waals surface area (Å²) in [5, 5.41) is 0. The summed E-state index contributed by atoms with van der Waals surface area (Å²) in [5.74, 6) is 1.55. The molecular formula is C10H21N. The van der Waals surface area contributed by atoms with Crippen molar-refractivity contribution >= 4 is 0 Å². The summed E-state index contributed by atoms with van der Waals surface area (Å²) in [5.41, 5.74) is 6.44. The number of nitrogens with two attached hydrogens (primary N) is 1. The first-order valence-electron chi connectivity index (χ1n) is 4.71. The fourth-order valence-electron chi connectivity index (χ4n) is 2.31. The van der Waals surface area contributed by atoms with Crippen LogP contribution in [0.3, 0.4) is 0 Å². The Labute approximate surface area is 70.4 Å². The summed E-state index contributed by atoms with van der Waals surface area (Å²) >= 11 is 0. The molecule has 0 aromatic heterocycles. The minimum Gasteiger partial charge on any atom is -0.328 e. The van der Waals surface area contributed by atoms with Crippen LogP contribution in [0, 0.1) is 17.3 Å². The van der Waals surface area contributed by atoms with E-state index < -0.39 is 0 Å². The Morgan fingerprint density at radius 3 is 2.18 bits per heavy atom. The van der Waals surface area contributed by atoms with Gasteiger partial charge in [-0.2, -0.15) is 0 Å². The maximum Gasteiger partial charge on any atom is 0.00415 e. The molecule has 0 radical (unpaired) electrons. The normalized spacial score (nSPS) is 39.0. The summed E-state index contributed by atoms with van der Waals surface area (Å²) in [7, 11) is 0. The average molecular weight is 155 g/mol. The molecule has 0 aliphatic heterocycles. The van der Waals surface area contributed by atoms with Crippen LogP contribution in [-0.2, 0) is 0 Å². The first-order chi connectivity index (χ1) is 4.95. The van der Waals surface area contributed by atoms with Crippen molar-refractivity contribution in [3.05, 3.63) is 0 Å². The second-order valence-corrected chi connectivity index (χ2v) is 4.84. The Kier molecular flexibility index (Phi) is 2.29. The number of hydrogen-bond donors (Lipinski definition) is 1.